The highest BCUT2D eigenvalue weighted by Gasteiger charge is 2.24. The summed E-state index contributed by atoms with van der Waals surface area (Å²) in [5.74, 6) is 0. The molecule has 0 saturated carbocycles. The van der Waals surface area contributed by atoms with Crippen LogP contribution in [-0.2, 0) is 6.42 Å². The van der Waals surface area contributed by atoms with Gasteiger partial charge in [-0.25, -0.2) is 0 Å². The average molecular weight is 349 g/mol. The molecule has 1 aromatic carbocycles. The van der Waals surface area contributed by atoms with Crippen LogP contribution in [0, 0.1) is 5.41 Å². The number of hydrogen-bond acceptors (Lipinski definition) is 1. The highest BCUT2D eigenvalue weighted by molar-refractivity contribution is 9.10. The van der Waals surface area contributed by atoms with Crippen molar-refractivity contribution in [3.05, 3.63) is 33.9 Å². The SMILES string of the molecule is CC(C)(C)CCNC1CCCc2c1[nH]c1ccc(Br)cc21. The van der Waals surface area contributed by atoms with Crippen molar-refractivity contribution in [2.45, 2.75) is 52.5 Å². The van der Waals surface area contributed by atoms with Crippen LogP contribution in [0.25, 0.3) is 10.9 Å². The van der Waals surface area contributed by atoms with Gasteiger partial charge in [0.15, 0.2) is 0 Å². The second-order valence-electron chi connectivity index (χ2n) is 7.42. The minimum absolute atomic E-state index is 0.399. The number of aromatic nitrogens is 1. The van der Waals surface area contributed by atoms with Crippen LogP contribution in [0.4, 0.5) is 0 Å². The molecule has 114 valence electrons. The van der Waals surface area contributed by atoms with Gasteiger partial charge in [0.1, 0.15) is 0 Å². The van der Waals surface area contributed by atoms with Crippen molar-refractivity contribution in [3.8, 4) is 0 Å². The van der Waals surface area contributed by atoms with Gasteiger partial charge in [0.25, 0.3) is 0 Å². The fraction of sp³-hybridized carbons (Fsp3) is 0.556. The van der Waals surface area contributed by atoms with Crippen LogP contribution in [0.2, 0.25) is 0 Å². The topological polar surface area (TPSA) is 27.8 Å². The van der Waals surface area contributed by atoms with Gasteiger partial charge in [-0.2, -0.15) is 0 Å². The second kappa shape index (κ2) is 5.77. The van der Waals surface area contributed by atoms with Gasteiger partial charge < -0.3 is 10.3 Å². The number of rotatable bonds is 3. The van der Waals surface area contributed by atoms with Crippen molar-refractivity contribution in [1.82, 2.24) is 10.3 Å². The van der Waals surface area contributed by atoms with E-state index in [4.69, 9.17) is 0 Å². The largest absolute Gasteiger partial charge is 0.357 e. The smallest absolute Gasteiger partial charge is 0.0476 e. The quantitative estimate of drug-likeness (QED) is 0.770. The van der Waals surface area contributed by atoms with Crippen molar-refractivity contribution in [1.29, 1.82) is 0 Å². The van der Waals surface area contributed by atoms with Crippen molar-refractivity contribution < 1.29 is 0 Å². The summed E-state index contributed by atoms with van der Waals surface area (Å²) in [6, 6.07) is 7.04. The molecule has 0 spiro atoms. The summed E-state index contributed by atoms with van der Waals surface area (Å²) in [7, 11) is 0. The highest BCUT2D eigenvalue weighted by atomic mass is 79.9. The Morgan fingerprint density at radius 2 is 2.14 bits per heavy atom. The van der Waals surface area contributed by atoms with E-state index in [1.165, 1.54) is 52.3 Å². The fourth-order valence-corrected chi connectivity index (χ4v) is 3.62. The summed E-state index contributed by atoms with van der Waals surface area (Å²) in [5, 5.41) is 5.16. The molecule has 3 heteroatoms. The third kappa shape index (κ3) is 3.35. The van der Waals surface area contributed by atoms with E-state index in [2.05, 4.69) is 65.2 Å². The number of aryl methyl sites for hydroxylation is 1. The van der Waals surface area contributed by atoms with Gasteiger partial charge in [-0.15, -0.1) is 0 Å². The number of halogens is 1. The monoisotopic (exact) mass is 348 g/mol. The molecule has 1 aliphatic carbocycles. The summed E-state index contributed by atoms with van der Waals surface area (Å²) < 4.78 is 1.17. The third-order valence-corrected chi connectivity index (χ3v) is 4.93. The molecule has 0 aliphatic heterocycles. The van der Waals surface area contributed by atoms with Crippen LogP contribution in [0.1, 0.15) is 57.3 Å². The van der Waals surface area contributed by atoms with E-state index in [0.717, 1.165) is 6.54 Å². The summed E-state index contributed by atoms with van der Waals surface area (Å²) in [4.78, 5) is 3.66. The van der Waals surface area contributed by atoms with Crippen molar-refractivity contribution in [3.63, 3.8) is 0 Å². The van der Waals surface area contributed by atoms with Gasteiger partial charge in [-0.1, -0.05) is 36.7 Å². The zero-order valence-corrected chi connectivity index (χ0v) is 14.8. The highest BCUT2D eigenvalue weighted by Crippen LogP contribution is 2.35. The standard InChI is InChI=1S/C18H25BrN2/c1-18(2,3)9-10-20-16-6-4-5-13-14-11-12(19)7-8-15(14)21-17(13)16/h7-8,11,16,20-21H,4-6,9-10H2,1-3H3. The lowest BCUT2D eigenvalue weighted by Crippen LogP contribution is -2.28. The Kier molecular flexibility index (Phi) is 4.15. The van der Waals surface area contributed by atoms with E-state index in [-0.39, 0.29) is 0 Å². The number of hydrogen-bond donors (Lipinski definition) is 2. The Balaban J connectivity index is 1.83. The lowest BCUT2D eigenvalue weighted by Gasteiger charge is -2.26. The first-order valence-electron chi connectivity index (χ1n) is 7.97. The van der Waals surface area contributed by atoms with Crippen molar-refractivity contribution in [2.75, 3.05) is 6.54 Å². The molecule has 1 heterocycles. The summed E-state index contributed by atoms with van der Waals surface area (Å²) in [5.41, 5.74) is 4.61. The van der Waals surface area contributed by atoms with Crippen LogP contribution in [0.3, 0.4) is 0 Å². The molecule has 0 saturated heterocycles. The van der Waals surface area contributed by atoms with Gasteiger partial charge in [0.05, 0.1) is 0 Å². The number of H-pyrrole nitrogens is 1. The number of fused-ring (bicyclic) bond motifs is 3. The predicted molar refractivity (Wildman–Crippen MR) is 93.8 cm³/mol. The lowest BCUT2D eigenvalue weighted by molar-refractivity contribution is 0.344. The van der Waals surface area contributed by atoms with Gasteiger partial charge >= 0.3 is 0 Å². The Hall–Kier alpha value is -0.800. The molecular weight excluding hydrogens is 324 g/mol. The first-order valence-corrected chi connectivity index (χ1v) is 8.77. The minimum Gasteiger partial charge on any atom is -0.357 e. The van der Waals surface area contributed by atoms with Crippen LogP contribution < -0.4 is 5.32 Å². The minimum atomic E-state index is 0.399. The molecule has 2 N–H and O–H groups in total. The first-order chi connectivity index (χ1) is 9.94. The maximum Gasteiger partial charge on any atom is 0.0476 e. The van der Waals surface area contributed by atoms with Crippen LogP contribution in [0.5, 0.6) is 0 Å². The normalized spacial score (nSPS) is 19.0. The maximum absolute atomic E-state index is 3.77. The number of benzene rings is 1. The second-order valence-corrected chi connectivity index (χ2v) is 8.33. The van der Waals surface area contributed by atoms with Gasteiger partial charge in [-0.3, -0.25) is 0 Å². The Bertz CT molecular complexity index is 636. The van der Waals surface area contributed by atoms with Crippen molar-refractivity contribution in [2.24, 2.45) is 5.41 Å². The molecule has 21 heavy (non-hydrogen) atoms. The van der Waals surface area contributed by atoms with E-state index in [9.17, 15) is 0 Å². The molecule has 2 nitrogen and oxygen atoms in total. The average Bonchev–Trinajstić information content (AvgIpc) is 2.76. The van der Waals surface area contributed by atoms with Crippen molar-refractivity contribution >= 4 is 26.8 Å². The van der Waals surface area contributed by atoms with E-state index >= 15 is 0 Å². The molecule has 3 rings (SSSR count). The van der Waals surface area contributed by atoms with E-state index in [0.29, 0.717) is 11.5 Å². The van der Waals surface area contributed by atoms with E-state index < -0.39 is 0 Å². The molecule has 0 bridgehead atoms. The van der Waals surface area contributed by atoms with Gasteiger partial charge in [0.2, 0.25) is 0 Å². The predicted octanol–water partition coefficient (Wildman–Crippen LogP) is 5.33. The molecule has 1 unspecified atom stereocenters. The number of nitrogens with one attached hydrogen (secondary N) is 2. The summed E-state index contributed by atoms with van der Waals surface area (Å²) in [6.07, 6.45) is 4.93. The maximum atomic E-state index is 3.77. The van der Waals surface area contributed by atoms with Gasteiger partial charge in [-0.05, 0) is 61.4 Å². The zero-order chi connectivity index (χ0) is 15.0. The molecule has 0 radical (unpaired) electrons. The van der Waals surface area contributed by atoms with Gasteiger partial charge in [0, 0.05) is 27.1 Å². The van der Waals surface area contributed by atoms with E-state index in [1.54, 1.807) is 0 Å². The van der Waals surface area contributed by atoms with E-state index in [1.807, 2.05) is 0 Å². The molecule has 1 aromatic heterocycles. The number of aromatic amines is 1. The first kappa shape index (κ1) is 15.1. The summed E-state index contributed by atoms with van der Waals surface area (Å²) >= 11 is 3.59. The van der Waals surface area contributed by atoms with Crippen LogP contribution in [-0.4, -0.2) is 11.5 Å². The lowest BCUT2D eigenvalue weighted by atomic mass is 9.90. The molecule has 1 atom stereocenters. The fourth-order valence-electron chi connectivity index (χ4n) is 3.26. The Morgan fingerprint density at radius 1 is 1.33 bits per heavy atom. The van der Waals surface area contributed by atoms with Crippen LogP contribution in [0.15, 0.2) is 22.7 Å². The Labute approximate surface area is 135 Å². The molecular formula is C18H25BrN2. The van der Waals surface area contributed by atoms with Crippen LogP contribution >= 0.6 is 15.9 Å². The third-order valence-electron chi connectivity index (χ3n) is 4.43. The molecule has 1 aliphatic rings. The summed E-state index contributed by atoms with van der Waals surface area (Å²) in [6.45, 7) is 8.01. The molecule has 0 amide bonds. The molecule has 2 aromatic rings. The zero-order valence-electron chi connectivity index (χ0n) is 13.2. The Morgan fingerprint density at radius 3 is 2.90 bits per heavy atom. The molecule has 0 fully saturated rings.